The molecule has 0 unspecified atom stereocenters. The van der Waals surface area contributed by atoms with E-state index >= 15 is 0 Å². The lowest BCUT2D eigenvalue weighted by Gasteiger charge is -2.08. The number of sulfonamides is 1. The number of halogens is 1. The molecule has 0 saturated heterocycles. The molecule has 142 valence electrons. The summed E-state index contributed by atoms with van der Waals surface area (Å²) in [5, 5.41) is -0.284. The molecule has 1 heterocycles. The molecule has 2 aromatic rings. The van der Waals surface area contributed by atoms with Gasteiger partial charge in [-0.05, 0) is 30.3 Å². The van der Waals surface area contributed by atoms with Crippen molar-refractivity contribution in [3.63, 3.8) is 0 Å². The van der Waals surface area contributed by atoms with Crippen molar-refractivity contribution in [2.24, 2.45) is 0 Å². The highest BCUT2D eigenvalue weighted by Crippen LogP contribution is 2.23. The quantitative estimate of drug-likeness (QED) is 0.655. The van der Waals surface area contributed by atoms with E-state index in [2.05, 4.69) is 0 Å². The third-order valence-corrected chi connectivity index (χ3v) is 6.55. The number of ether oxygens (including phenoxy) is 1. The van der Waals surface area contributed by atoms with Gasteiger partial charge in [-0.15, -0.1) is 0 Å². The number of carbonyl (C=O) groups is 1. The monoisotopic (exact) mass is 421 g/mol. The van der Waals surface area contributed by atoms with Crippen LogP contribution in [0, 0.1) is 0 Å². The highest BCUT2D eigenvalue weighted by molar-refractivity contribution is 7.90. The third-order valence-electron chi connectivity index (χ3n) is 3.28. The first-order valence-electron chi connectivity index (χ1n) is 7.11. The van der Waals surface area contributed by atoms with Gasteiger partial charge in [-0.2, -0.15) is 0 Å². The number of rotatable bonds is 6. The van der Waals surface area contributed by atoms with Gasteiger partial charge in [-0.3, -0.25) is 0 Å². The van der Waals surface area contributed by atoms with Gasteiger partial charge in [0.15, 0.2) is 9.84 Å². The number of carbonyl (C=O) groups excluding carboxylic acids is 1. The Morgan fingerprint density at radius 2 is 1.81 bits per heavy atom. The van der Waals surface area contributed by atoms with Crippen LogP contribution in [0.2, 0.25) is 5.02 Å². The van der Waals surface area contributed by atoms with Crippen LogP contribution in [0.1, 0.15) is 16.1 Å². The first-order chi connectivity index (χ1) is 11.9. The minimum atomic E-state index is -3.73. The molecule has 0 N–H and O–H groups in total. The number of sulfone groups is 1. The standard InChI is InChI=1S/C15H16ClNO7S2/c1-17(2)26(21,22)14-7-5-11(24-14)9-23-15(18)10-4-6-12(16)13(8-10)25(3,19)20/h4-8H,9H2,1-3H3. The Kier molecular flexibility index (Phi) is 5.81. The molecule has 0 atom stereocenters. The molecule has 0 aliphatic rings. The topological polar surface area (TPSA) is 111 Å². The van der Waals surface area contributed by atoms with Gasteiger partial charge in [0.2, 0.25) is 5.09 Å². The van der Waals surface area contributed by atoms with Crippen LogP contribution in [0.3, 0.4) is 0 Å². The van der Waals surface area contributed by atoms with Crippen molar-refractivity contribution in [2.45, 2.75) is 16.6 Å². The summed E-state index contributed by atoms with van der Waals surface area (Å²) in [6, 6.07) is 6.34. The van der Waals surface area contributed by atoms with E-state index in [1.165, 1.54) is 38.4 Å². The summed E-state index contributed by atoms with van der Waals surface area (Å²) in [5.74, 6) is -0.684. The highest BCUT2D eigenvalue weighted by atomic mass is 35.5. The molecule has 0 spiro atoms. The van der Waals surface area contributed by atoms with Crippen LogP contribution in [0.5, 0.6) is 0 Å². The van der Waals surface area contributed by atoms with Gasteiger partial charge < -0.3 is 9.15 Å². The van der Waals surface area contributed by atoms with Gasteiger partial charge in [0.25, 0.3) is 10.0 Å². The number of benzene rings is 1. The van der Waals surface area contributed by atoms with Gasteiger partial charge in [-0.1, -0.05) is 11.6 Å². The van der Waals surface area contributed by atoms with E-state index in [9.17, 15) is 21.6 Å². The van der Waals surface area contributed by atoms with Crippen LogP contribution < -0.4 is 0 Å². The van der Waals surface area contributed by atoms with Gasteiger partial charge in [0, 0.05) is 20.4 Å². The zero-order valence-electron chi connectivity index (χ0n) is 14.1. The second kappa shape index (κ2) is 7.39. The lowest BCUT2D eigenvalue weighted by Crippen LogP contribution is -2.21. The SMILES string of the molecule is CN(C)S(=O)(=O)c1ccc(COC(=O)c2ccc(Cl)c(S(C)(=O)=O)c2)o1. The molecule has 0 aliphatic heterocycles. The maximum absolute atomic E-state index is 12.1. The zero-order valence-corrected chi connectivity index (χ0v) is 16.5. The van der Waals surface area contributed by atoms with E-state index in [4.69, 9.17) is 20.8 Å². The number of hydrogen-bond donors (Lipinski definition) is 0. The van der Waals surface area contributed by atoms with Gasteiger partial charge in [0.1, 0.15) is 12.4 Å². The Hall–Kier alpha value is -1.88. The Morgan fingerprint density at radius 3 is 2.38 bits per heavy atom. The van der Waals surface area contributed by atoms with E-state index < -0.39 is 25.8 Å². The summed E-state index contributed by atoms with van der Waals surface area (Å²) in [6.07, 6.45) is 0.971. The van der Waals surface area contributed by atoms with E-state index in [0.717, 1.165) is 16.6 Å². The molecule has 11 heteroatoms. The van der Waals surface area contributed by atoms with Crippen LogP contribution in [-0.4, -0.2) is 47.5 Å². The predicted molar refractivity (Wildman–Crippen MR) is 93.3 cm³/mol. The molecule has 0 saturated carbocycles. The van der Waals surface area contributed by atoms with Crippen molar-refractivity contribution in [2.75, 3.05) is 20.4 Å². The van der Waals surface area contributed by atoms with E-state index in [0.29, 0.717) is 0 Å². The van der Waals surface area contributed by atoms with Crippen LogP contribution in [0.25, 0.3) is 0 Å². The Morgan fingerprint density at radius 1 is 1.15 bits per heavy atom. The molecular weight excluding hydrogens is 406 g/mol. The Bertz CT molecular complexity index is 1040. The minimum absolute atomic E-state index is 0.00591. The van der Waals surface area contributed by atoms with Crippen LogP contribution in [0.4, 0.5) is 0 Å². The molecular formula is C15H16ClNO7S2. The summed E-state index contributed by atoms with van der Waals surface area (Å²) in [6.45, 7) is -0.321. The lowest BCUT2D eigenvalue weighted by atomic mass is 10.2. The maximum Gasteiger partial charge on any atom is 0.338 e. The van der Waals surface area contributed by atoms with Crippen molar-refractivity contribution < 1.29 is 30.8 Å². The Balaban J connectivity index is 2.14. The summed E-state index contributed by atoms with van der Waals surface area (Å²) in [7, 11) is -4.62. The van der Waals surface area contributed by atoms with E-state index in [1.807, 2.05) is 0 Å². The van der Waals surface area contributed by atoms with Crippen LogP contribution in [-0.2, 0) is 31.2 Å². The Labute approximate surface area is 156 Å². The second-order valence-corrected chi connectivity index (χ2v) is 9.98. The largest absolute Gasteiger partial charge is 0.454 e. The fraction of sp³-hybridized carbons (Fsp3) is 0.267. The number of hydrogen-bond acceptors (Lipinski definition) is 7. The molecule has 1 aromatic heterocycles. The summed E-state index contributed by atoms with van der Waals surface area (Å²) in [4.78, 5) is 11.9. The van der Waals surface area contributed by atoms with Crippen molar-refractivity contribution in [3.8, 4) is 0 Å². The molecule has 0 amide bonds. The van der Waals surface area contributed by atoms with Crippen LogP contribution >= 0.6 is 11.6 Å². The van der Waals surface area contributed by atoms with Crippen LogP contribution in [0.15, 0.2) is 44.7 Å². The van der Waals surface area contributed by atoms with Crippen molar-refractivity contribution in [3.05, 3.63) is 46.7 Å². The first-order valence-corrected chi connectivity index (χ1v) is 10.8. The molecule has 0 fully saturated rings. The first kappa shape index (κ1) is 20.4. The van der Waals surface area contributed by atoms with Gasteiger partial charge in [-0.25, -0.2) is 25.9 Å². The van der Waals surface area contributed by atoms with Crippen molar-refractivity contribution >= 4 is 37.4 Å². The number of nitrogens with zero attached hydrogens (tertiary/aromatic N) is 1. The lowest BCUT2D eigenvalue weighted by molar-refractivity contribution is 0.0440. The molecule has 0 radical (unpaired) electrons. The number of furan rings is 1. The summed E-state index contributed by atoms with van der Waals surface area (Å²) < 4.78 is 58.3. The average molecular weight is 422 g/mol. The fourth-order valence-corrected chi connectivity index (χ4v) is 4.00. The minimum Gasteiger partial charge on any atom is -0.454 e. The third kappa shape index (κ3) is 4.44. The smallest absolute Gasteiger partial charge is 0.338 e. The van der Waals surface area contributed by atoms with E-state index in [-0.39, 0.29) is 32.9 Å². The number of esters is 1. The van der Waals surface area contributed by atoms with Gasteiger partial charge >= 0.3 is 5.97 Å². The van der Waals surface area contributed by atoms with Gasteiger partial charge in [0.05, 0.1) is 15.5 Å². The molecule has 0 aliphatic carbocycles. The second-order valence-electron chi connectivity index (χ2n) is 5.50. The summed E-state index contributed by atoms with van der Waals surface area (Å²) in [5.41, 5.74) is -0.0116. The summed E-state index contributed by atoms with van der Waals surface area (Å²) >= 11 is 5.82. The molecule has 26 heavy (non-hydrogen) atoms. The predicted octanol–water partition coefficient (Wildman–Crippen LogP) is 1.94. The van der Waals surface area contributed by atoms with E-state index in [1.54, 1.807) is 0 Å². The highest BCUT2D eigenvalue weighted by Gasteiger charge is 2.22. The maximum atomic E-state index is 12.1. The fourth-order valence-electron chi connectivity index (χ4n) is 1.89. The average Bonchev–Trinajstić information content (AvgIpc) is 3.01. The van der Waals surface area contributed by atoms with Crippen molar-refractivity contribution in [1.29, 1.82) is 0 Å². The van der Waals surface area contributed by atoms with Crippen molar-refractivity contribution in [1.82, 2.24) is 4.31 Å². The molecule has 2 rings (SSSR count). The normalized spacial score (nSPS) is 12.3. The molecule has 0 bridgehead atoms. The molecule has 1 aromatic carbocycles. The molecule has 8 nitrogen and oxygen atoms in total. The zero-order chi connectivity index (χ0) is 19.7.